The van der Waals surface area contributed by atoms with E-state index < -0.39 is 0 Å². The summed E-state index contributed by atoms with van der Waals surface area (Å²) in [6.45, 7) is 2.95. The lowest BCUT2D eigenvalue weighted by molar-refractivity contribution is -0.127. The first kappa shape index (κ1) is 13.3. The zero-order valence-electron chi connectivity index (χ0n) is 10.2. The van der Waals surface area contributed by atoms with Crippen molar-refractivity contribution in [2.75, 3.05) is 25.5 Å². The summed E-state index contributed by atoms with van der Waals surface area (Å²) in [5.41, 5.74) is 0.938. The molecule has 1 aromatic carbocycles. The predicted molar refractivity (Wildman–Crippen MR) is 79.1 cm³/mol. The van der Waals surface area contributed by atoms with E-state index in [1.807, 2.05) is 25.1 Å². The molecule has 1 aromatic heterocycles. The first-order valence-corrected chi connectivity index (χ1v) is 7.25. The van der Waals surface area contributed by atoms with Gasteiger partial charge in [-0.25, -0.2) is 4.98 Å². The summed E-state index contributed by atoms with van der Waals surface area (Å²) in [5.74, 6) is 0.0675. The smallest absolute Gasteiger partial charge is 0.241 e. The minimum Gasteiger partial charge on any atom is -0.352 e. The number of likely N-dealkylation sites (N-methyl/N-ethyl adjacent to an activating group) is 1. The van der Waals surface area contributed by atoms with Crippen LogP contribution in [0, 0.1) is 0 Å². The van der Waals surface area contributed by atoms with E-state index in [1.54, 1.807) is 23.3 Å². The Kier molecular flexibility index (Phi) is 4.19. The first-order valence-electron chi connectivity index (χ1n) is 5.64. The van der Waals surface area contributed by atoms with Crippen molar-refractivity contribution in [3.8, 4) is 0 Å². The fourth-order valence-electron chi connectivity index (χ4n) is 1.44. The predicted octanol–water partition coefficient (Wildman–Crippen LogP) is 2.95. The number of rotatable bonds is 4. The zero-order valence-corrected chi connectivity index (χ0v) is 12.6. The average Bonchev–Trinajstić information content (AvgIpc) is 2.76. The van der Waals surface area contributed by atoms with E-state index in [0.29, 0.717) is 6.54 Å². The monoisotopic (exact) mass is 327 g/mol. The van der Waals surface area contributed by atoms with Crippen molar-refractivity contribution >= 4 is 48.5 Å². The van der Waals surface area contributed by atoms with E-state index in [2.05, 4.69) is 26.2 Å². The Bertz CT molecular complexity index is 569. The number of hydrogen-bond donors (Lipinski definition) is 1. The fourth-order valence-corrected chi connectivity index (χ4v) is 2.63. The molecule has 0 spiro atoms. The molecule has 1 amide bonds. The minimum absolute atomic E-state index is 0.0675. The number of benzene rings is 1. The molecule has 1 N–H and O–H groups in total. The van der Waals surface area contributed by atoms with Gasteiger partial charge in [-0.05, 0) is 25.1 Å². The van der Waals surface area contributed by atoms with E-state index in [9.17, 15) is 4.79 Å². The maximum Gasteiger partial charge on any atom is 0.241 e. The van der Waals surface area contributed by atoms with E-state index in [0.717, 1.165) is 19.8 Å². The summed E-state index contributed by atoms with van der Waals surface area (Å²) in [5, 5.41) is 3.85. The number of aromatic nitrogens is 1. The number of nitrogens with zero attached hydrogens (tertiary/aromatic N) is 2. The van der Waals surface area contributed by atoms with Crippen LogP contribution in [0.1, 0.15) is 6.92 Å². The Morgan fingerprint density at radius 3 is 3.06 bits per heavy atom. The number of fused-ring (bicyclic) bond motifs is 1. The van der Waals surface area contributed by atoms with Crippen LogP contribution in [0.3, 0.4) is 0 Å². The largest absolute Gasteiger partial charge is 0.352 e. The third-order valence-corrected chi connectivity index (χ3v) is 4.13. The highest BCUT2D eigenvalue weighted by molar-refractivity contribution is 9.10. The molecule has 6 heteroatoms. The van der Waals surface area contributed by atoms with Crippen LogP contribution in [0.5, 0.6) is 0 Å². The second-order valence-electron chi connectivity index (χ2n) is 3.89. The Hall–Kier alpha value is -1.14. The van der Waals surface area contributed by atoms with Gasteiger partial charge in [-0.1, -0.05) is 27.3 Å². The Morgan fingerprint density at radius 2 is 2.33 bits per heavy atom. The second kappa shape index (κ2) is 5.67. The van der Waals surface area contributed by atoms with Gasteiger partial charge in [0.05, 0.1) is 16.8 Å². The number of carbonyl (C=O) groups is 1. The van der Waals surface area contributed by atoms with Gasteiger partial charge in [-0.15, -0.1) is 0 Å². The Labute approximate surface area is 118 Å². The van der Waals surface area contributed by atoms with Gasteiger partial charge in [-0.2, -0.15) is 0 Å². The van der Waals surface area contributed by atoms with E-state index in [-0.39, 0.29) is 12.5 Å². The molecule has 0 aliphatic heterocycles. The van der Waals surface area contributed by atoms with Crippen LogP contribution < -0.4 is 5.32 Å². The lowest BCUT2D eigenvalue weighted by Crippen LogP contribution is -2.31. The highest BCUT2D eigenvalue weighted by Gasteiger charge is 2.08. The highest BCUT2D eigenvalue weighted by Crippen LogP contribution is 2.27. The van der Waals surface area contributed by atoms with Crippen LogP contribution in [0.15, 0.2) is 22.7 Å². The van der Waals surface area contributed by atoms with E-state index in [4.69, 9.17) is 0 Å². The molecule has 0 saturated carbocycles. The molecule has 0 saturated heterocycles. The quantitative estimate of drug-likeness (QED) is 0.939. The van der Waals surface area contributed by atoms with E-state index >= 15 is 0 Å². The maximum absolute atomic E-state index is 11.6. The van der Waals surface area contributed by atoms with Crippen molar-refractivity contribution in [2.45, 2.75) is 6.92 Å². The third kappa shape index (κ3) is 3.00. The number of anilines is 1. The Balaban J connectivity index is 2.06. The molecule has 0 unspecified atom stereocenters. The first-order chi connectivity index (χ1) is 8.60. The summed E-state index contributed by atoms with van der Waals surface area (Å²) in [6.07, 6.45) is 0. The summed E-state index contributed by atoms with van der Waals surface area (Å²) >= 11 is 4.97. The molecule has 4 nitrogen and oxygen atoms in total. The molecule has 0 aliphatic rings. The van der Waals surface area contributed by atoms with Crippen molar-refractivity contribution in [1.82, 2.24) is 9.88 Å². The Morgan fingerprint density at radius 1 is 1.56 bits per heavy atom. The van der Waals surface area contributed by atoms with E-state index in [1.165, 1.54) is 0 Å². The molecule has 0 bridgehead atoms. The molecule has 18 heavy (non-hydrogen) atoms. The number of halogens is 1. The van der Waals surface area contributed by atoms with Crippen molar-refractivity contribution in [3.05, 3.63) is 22.7 Å². The topological polar surface area (TPSA) is 45.2 Å². The van der Waals surface area contributed by atoms with Crippen LogP contribution in [0.2, 0.25) is 0 Å². The lowest BCUT2D eigenvalue weighted by Gasteiger charge is -2.14. The minimum atomic E-state index is 0.0675. The van der Waals surface area contributed by atoms with Gasteiger partial charge in [0.15, 0.2) is 5.13 Å². The molecule has 96 valence electrons. The fraction of sp³-hybridized carbons (Fsp3) is 0.333. The lowest BCUT2D eigenvalue weighted by atomic mass is 10.3. The van der Waals surface area contributed by atoms with Crippen LogP contribution in [-0.2, 0) is 4.79 Å². The second-order valence-corrected chi connectivity index (χ2v) is 5.84. The van der Waals surface area contributed by atoms with Crippen molar-refractivity contribution in [3.63, 3.8) is 0 Å². The summed E-state index contributed by atoms with van der Waals surface area (Å²) < 4.78 is 2.12. The van der Waals surface area contributed by atoms with Gasteiger partial charge < -0.3 is 10.2 Å². The number of thiazole rings is 1. The van der Waals surface area contributed by atoms with Crippen LogP contribution in [-0.4, -0.2) is 35.9 Å². The number of nitrogens with one attached hydrogen (secondary N) is 1. The van der Waals surface area contributed by atoms with Gasteiger partial charge in [0, 0.05) is 18.1 Å². The average molecular weight is 328 g/mol. The number of carbonyl (C=O) groups excluding carboxylic acids is 1. The van der Waals surface area contributed by atoms with Gasteiger partial charge in [0.2, 0.25) is 5.91 Å². The molecule has 0 aliphatic carbocycles. The van der Waals surface area contributed by atoms with Gasteiger partial charge >= 0.3 is 0 Å². The normalized spacial score (nSPS) is 10.6. The van der Waals surface area contributed by atoms with Gasteiger partial charge in [-0.3, -0.25) is 4.79 Å². The molecular weight excluding hydrogens is 314 g/mol. The van der Waals surface area contributed by atoms with Gasteiger partial charge in [0.25, 0.3) is 0 Å². The molecule has 1 heterocycles. The maximum atomic E-state index is 11.6. The molecule has 2 aromatic rings. The molecule has 0 atom stereocenters. The number of amides is 1. The van der Waals surface area contributed by atoms with Crippen molar-refractivity contribution in [1.29, 1.82) is 0 Å². The third-order valence-electron chi connectivity index (χ3n) is 2.64. The standard InChI is InChI=1S/C12H14BrN3OS/c1-3-16(2)11(17)7-14-12-15-9-6-8(13)4-5-10(9)18-12/h4-6H,3,7H2,1-2H3,(H,14,15). The molecule has 0 radical (unpaired) electrons. The van der Waals surface area contributed by atoms with Crippen molar-refractivity contribution < 1.29 is 4.79 Å². The summed E-state index contributed by atoms with van der Waals surface area (Å²) in [6, 6.07) is 5.97. The van der Waals surface area contributed by atoms with Crippen LogP contribution in [0.25, 0.3) is 10.2 Å². The van der Waals surface area contributed by atoms with Gasteiger partial charge in [0.1, 0.15) is 0 Å². The molecular formula is C12H14BrN3OS. The summed E-state index contributed by atoms with van der Waals surface area (Å²) in [7, 11) is 1.79. The summed E-state index contributed by atoms with van der Waals surface area (Å²) in [4.78, 5) is 17.8. The number of hydrogen-bond acceptors (Lipinski definition) is 4. The SMILES string of the molecule is CCN(C)C(=O)CNc1nc2cc(Br)ccc2s1. The van der Waals surface area contributed by atoms with Crippen LogP contribution >= 0.6 is 27.3 Å². The van der Waals surface area contributed by atoms with Crippen molar-refractivity contribution in [2.24, 2.45) is 0 Å². The molecule has 0 fully saturated rings. The highest BCUT2D eigenvalue weighted by atomic mass is 79.9. The molecule has 2 rings (SSSR count). The zero-order chi connectivity index (χ0) is 13.1. The van der Waals surface area contributed by atoms with Crippen LogP contribution in [0.4, 0.5) is 5.13 Å².